The summed E-state index contributed by atoms with van der Waals surface area (Å²) in [5.41, 5.74) is 0.792. The fraction of sp³-hybridized carbons (Fsp3) is 0.333. The first-order chi connectivity index (χ1) is 8.95. The van der Waals surface area contributed by atoms with E-state index >= 15 is 0 Å². The fourth-order valence-corrected chi connectivity index (χ4v) is 2.70. The van der Waals surface area contributed by atoms with Crippen molar-refractivity contribution in [2.45, 2.75) is 25.2 Å². The summed E-state index contributed by atoms with van der Waals surface area (Å²) in [4.78, 5) is 0. The molecule has 7 heteroatoms. The van der Waals surface area contributed by atoms with E-state index in [2.05, 4.69) is 0 Å². The Balaban J connectivity index is 2.22. The standard InChI is InChI=1S/C12H15NO5S/c1-9-10(5-6-17-9)7-13(2)19(15,16)12-4-3-11(8-14)18-12/h3-6,14H,7-8H2,1-2H3. The van der Waals surface area contributed by atoms with Crippen molar-refractivity contribution in [1.82, 2.24) is 4.31 Å². The predicted octanol–water partition coefficient (Wildman–Crippen LogP) is 1.49. The Morgan fingerprint density at radius 1 is 1.32 bits per heavy atom. The van der Waals surface area contributed by atoms with Gasteiger partial charge in [0.25, 0.3) is 10.0 Å². The maximum atomic E-state index is 12.2. The van der Waals surface area contributed by atoms with Crippen molar-refractivity contribution >= 4 is 10.0 Å². The average molecular weight is 285 g/mol. The third kappa shape index (κ3) is 2.73. The molecule has 0 aliphatic carbocycles. The normalized spacial score (nSPS) is 12.2. The molecule has 1 N–H and O–H groups in total. The highest BCUT2D eigenvalue weighted by molar-refractivity contribution is 7.88. The maximum Gasteiger partial charge on any atom is 0.276 e. The Morgan fingerprint density at radius 2 is 2.05 bits per heavy atom. The molecule has 19 heavy (non-hydrogen) atoms. The molecule has 0 fully saturated rings. The van der Waals surface area contributed by atoms with E-state index < -0.39 is 10.0 Å². The van der Waals surface area contributed by atoms with Gasteiger partial charge in [-0.2, -0.15) is 4.31 Å². The molecule has 0 spiro atoms. The zero-order valence-corrected chi connectivity index (χ0v) is 11.5. The van der Waals surface area contributed by atoms with Crippen LogP contribution in [0.1, 0.15) is 17.1 Å². The number of hydrogen-bond acceptors (Lipinski definition) is 5. The molecule has 0 saturated heterocycles. The maximum absolute atomic E-state index is 12.2. The summed E-state index contributed by atoms with van der Waals surface area (Å²) < 4.78 is 35.8. The molecule has 0 aromatic carbocycles. The summed E-state index contributed by atoms with van der Waals surface area (Å²) >= 11 is 0. The largest absolute Gasteiger partial charge is 0.469 e. The van der Waals surface area contributed by atoms with E-state index in [9.17, 15) is 8.42 Å². The third-order valence-electron chi connectivity index (χ3n) is 2.82. The Hall–Kier alpha value is -1.57. The van der Waals surface area contributed by atoms with Gasteiger partial charge < -0.3 is 13.9 Å². The fourth-order valence-electron chi connectivity index (χ4n) is 1.64. The van der Waals surface area contributed by atoms with Crippen LogP contribution in [-0.2, 0) is 23.2 Å². The molecule has 2 heterocycles. The molecule has 0 aliphatic heterocycles. The van der Waals surface area contributed by atoms with Gasteiger partial charge in [-0.15, -0.1) is 0 Å². The highest BCUT2D eigenvalue weighted by atomic mass is 32.2. The highest BCUT2D eigenvalue weighted by Gasteiger charge is 2.25. The smallest absolute Gasteiger partial charge is 0.276 e. The Morgan fingerprint density at radius 3 is 2.58 bits per heavy atom. The van der Waals surface area contributed by atoms with Crippen LogP contribution in [0.4, 0.5) is 0 Å². The van der Waals surface area contributed by atoms with Crippen molar-refractivity contribution < 1.29 is 22.4 Å². The Bertz CT molecular complexity index is 655. The minimum Gasteiger partial charge on any atom is -0.469 e. The lowest BCUT2D eigenvalue weighted by Gasteiger charge is -2.14. The summed E-state index contributed by atoms with van der Waals surface area (Å²) in [5, 5.41) is 8.70. The zero-order chi connectivity index (χ0) is 14.0. The second kappa shape index (κ2) is 5.20. The average Bonchev–Trinajstić information content (AvgIpc) is 2.99. The van der Waals surface area contributed by atoms with Crippen LogP contribution in [0.15, 0.2) is 38.4 Å². The molecule has 0 bridgehead atoms. The van der Waals surface area contributed by atoms with Gasteiger partial charge in [0.05, 0.1) is 6.26 Å². The molecule has 2 aromatic heterocycles. The molecule has 6 nitrogen and oxygen atoms in total. The summed E-state index contributed by atoms with van der Waals surface area (Å²) in [6.45, 7) is 1.63. The van der Waals surface area contributed by atoms with E-state index in [1.165, 1.54) is 29.7 Å². The molecule has 0 unspecified atom stereocenters. The van der Waals surface area contributed by atoms with Gasteiger partial charge in [-0.3, -0.25) is 0 Å². The first-order valence-electron chi connectivity index (χ1n) is 5.64. The lowest BCUT2D eigenvalue weighted by Crippen LogP contribution is -2.26. The minimum atomic E-state index is -3.71. The van der Waals surface area contributed by atoms with Crippen molar-refractivity contribution in [3.8, 4) is 0 Å². The van der Waals surface area contributed by atoms with Crippen molar-refractivity contribution in [2.24, 2.45) is 0 Å². The summed E-state index contributed by atoms with van der Waals surface area (Å²) in [7, 11) is -2.25. The SMILES string of the molecule is Cc1occc1CN(C)S(=O)(=O)c1ccc(CO)o1. The summed E-state index contributed by atoms with van der Waals surface area (Å²) in [6, 6.07) is 4.49. The van der Waals surface area contributed by atoms with Crippen LogP contribution in [0.2, 0.25) is 0 Å². The van der Waals surface area contributed by atoms with Crippen LogP contribution in [0.25, 0.3) is 0 Å². The van der Waals surface area contributed by atoms with Gasteiger partial charge in [0.1, 0.15) is 18.1 Å². The number of aliphatic hydroxyl groups is 1. The topological polar surface area (TPSA) is 83.9 Å². The second-order valence-corrected chi connectivity index (χ2v) is 6.12. The molecule has 2 aromatic rings. The van der Waals surface area contributed by atoms with Gasteiger partial charge >= 0.3 is 0 Å². The van der Waals surface area contributed by atoms with E-state index in [0.29, 0.717) is 5.76 Å². The van der Waals surface area contributed by atoms with Crippen LogP contribution >= 0.6 is 0 Å². The highest BCUT2D eigenvalue weighted by Crippen LogP contribution is 2.20. The van der Waals surface area contributed by atoms with E-state index in [-0.39, 0.29) is 24.0 Å². The summed E-state index contributed by atoms with van der Waals surface area (Å²) in [6.07, 6.45) is 1.52. The van der Waals surface area contributed by atoms with Gasteiger partial charge in [0, 0.05) is 19.2 Å². The molecular formula is C12H15NO5S. The third-order valence-corrected chi connectivity index (χ3v) is 4.49. The number of nitrogens with zero attached hydrogens (tertiary/aromatic N) is 1. The second-order valence-electron chi connectivity index (χ2n) is 4.14. The van der Waals surface area contributed by atoms with Crippen molar-refractivity contribution in [3.05, 3.63) is 41.5 Å². The molecule has 0 radical (unpaired) electrons. The molecule has 104 valence electrons. The zero-order valence-electron chi connectivity index (χ0n) is 10.7. The van der Waals surface area contributed by atoms with Gasteiger partial charge in [0.2, 0.25) is 5.09 Å². The van der Waals surface area contributed by atoms with Gasteiger partial charge in [-0.1, -0.05) is 0 Å². The minimum absolute atomic E-state index is 0.180. The molecule has 0 amide bonds. The van der Waals surface area contributed by atoms with Crippen LogP contribution < -0.4 is 0 Å². The molecule has 0 aliphatic rings. The number of sulfonamides is 1. The van der Waals surface area contributed by atoms with E-state index in [1.54, 1.807) is 13.0 Å². The van der Waals surface area contributed by atoms with Gasteiger partial charge in [0.15, 0.2) is 0 Å². The Labute approximate surface area is 111 Å². The van der Waals surface area contributed by atoms with Gasteiger partial charge in [-0.25, -0.2) is 8.42 Å². The molecular weight excluding hydrogens is 270 g/mol. The van der Waals surface area contributed by atoms with E-state index in [1.807, 2.05) is 0 Å². The van der Waals surface area contributed by atoms with E-state index in [0.717, 1.165) is 5.56 Å². The molecule has 0 saturated carbocycles. The Kier molecular flexibility index (Phi) is 3.79. The monoisotopic (exact) mass is 285 g/mol. The number of hydrogen-bond donors (Lipinski definition) is 1. The van der Waals surface area contributed by atoms with Crippen LogP contribution in [0.3, 0.4) is 0 Å². The van der Waals surface area contributed by atoms with Crippen LogP contribution in [0, 0.1) is 6.92 Å². The number of rotatable bonds is 5. The predicted molar refractivity (Wildman–Crippen MR) is 66.7 cm³/mol. The van der Waals surface area contributed by atoms with Crippen molar-refractivity contribution in [2.75, 3.05) is 7.05 Å². The number of aliphatic hydroxyl groups excluding tert-OH is 1. The molecule has 0 atom stereocenters. The lowest BCUT2D eigenvalue weighted by atomic mass is 10.3. The van der Waals surface area contributed by atoms with Crippen molar-refractivity contribution in [3.63, 3.8) is 0 Å². The first kappa shape index (κ1) is 13.9. The van der Waals surface area contributed by atoms with Crippen LogP contribution in [0.5, 0.6) is 0 Å². The quantitative estimate of drug-likeness (QED) is 0.899. The first-order valence-corrected chi connectivity index (χ1v) is 7.08. The van der Waals surface area contributed by atoms with Crippen LogP contribution in [-0.4, -0.2) is 24.9 Å². The number of furan rings is 2. The summed E-state index contributed by atoms with van der Waals surface area (Å²) in [5.74, 6) is 0.893. The molecule has 2 rings (SSSR count). The van der Waals surface area contributed by atoms with Gasteiger partial charge in [-0.05, 0) is 25.1 Å². The van der Waals surface area contributed by atoms with E-state index in [4.69, 9.17) is 13.9 Å². The number of aryl methyl sites for hydroxylation is 1. The van der Waals surface area contributed by atoms with Crippen molar-refractivity contribution in [1.29, 1.82) is 0 Å². The lowest BCUT2D eigenvalue weighted by molar-refractivity contribution is 0.235.